The van der Waals surface area contributed by atoms with Crippen LogP contribution in [0.3, 0.4) is 0 Å². The number of methoxy groups -OCH3 is 1. The van der Waals surface area contributed by atoms with Crippen molar-refractivity contribution in [3.8, 4) is 5.75 Å². The van der Waals surface area contributed by atoms with Crippen LogP contribution in [0, 0.1) is 5.41 Å². The lowest BCUT2D eigenvalue weighted by atomic mass is 9.54. The second-order valence-electron chi connectivity index (χ2n) is 8.55. The number of halogens is 3. The van der Waals surface area contributed by atoms with E-state index in [4.69, 9.17) is 9.47 Å². The van der Waals surface area contributed by atoms with Gasteiger partial charge in [0.1, 0.15) is 5.75 Å². The van der Waals surface area contributed by atoms with E-state index in [-0.39, 0.29) is 30.5 Å². The summed E-state index contributed by atoms with van der Waals surface area (Å²) in [6.45, 7) is -0.638. The van der Waals surface area contributed by atoms with Gasteiger partial charge in [0.15, 0.2) is 6.61 Å². The van der Waals surface area contributed by atoms with Crippen LogP contribution in [0.25, 0.3) is 0 Å². The molecule has 2 fully saturated rings. The number of amides is 2. The van der Waals surface area contributed by atoms with E-state index in [1.165, 1.54) is 19.3 Å². The van der Waals surface area contributed by atoms with E-state index < -0.39 is 12.8 Å². The molecule has 1 N–H and O–H groups in total. The second-order valence-corrected chi connectivity index (χ2v) is 8.55. The predicted octanol–water partition coefficient (Wildman–Crippen LogP) is 4.22. The van der Waals surface area contributed by atoms with Crippen molar-refractivity contribution in [2.24, 2.45) is 5.41 Å². The van der Waals surface area contributed by atoms with Crippen molar-refractivity contribution < 1.29 is 27.4 Å². The molecule has 0 bridgehead atoms. The van der Waals surface area contributed by atoms with Crippen LogP contribution in [-0.2, 0) is 11.2 Å². The number of ether oxygens (including phenoxy) is 2. The van der Waals surface area contributed by atoms with Crippen molar-refractivity contribution in [3.63, 3.8) is 0 Å². The molecule has 160 valence electrons. The molecule has 0 aromatic heterocycles. The fraction of sp³-hybridized carbons (Fsp3) is 0.667. The van der Waals surface area contributed by atoms with Crippen molar-refractivity contribution in [2.45, 2.75) is 56.8 Å². The molecule has 8 heteroatoms. The summed E-state index contributed by atoms with van der Waals surface area (Å²) in [6.07, 6.45) is 1.98. The molecule has 1 aromatic carbocycles. The largest absolute Gasteiger partial charge is 0.484 e. The first-order valence-electron chi connectivity index (χ1n) is 10.2. The zero-order valence-corrected chi connectivity index (χ0v) is 16.6. The highest BCUT2D eigenvalue weighted by molar-refractivity contribution is 5.76. The summed E-state index contributed by atoms with van der Waals surface area (Å²) < 4.78 is 48.1. The molecule has 0 saturated heterocycles. The van der Waals surface area contributed by atoms with Gasteiger partial charge >= 0.3 is 12.2 Å². The average molecular weight is 412 g/mol. The maximum Gasteiger partial charge on any atom is 0.422 e. The molecule has 2 aliphatic carbocycles. The van der Waals surface area contributed by atoms with E-state index in [1.54, 1.807) is 24.1 Å². The van der Waals surface area contributed by atoms with E-state index in [1.807, 2.05) is 6.07 Å². The fourth-order valence-corrected chi connectivity index (χ4v) is 5.02. The zero-order chi connectivity index (χ0) is 20.6. The lowest BCUT2D eigenvalue weighted by Crippen LogP contribution is -2.57. The molecule has 1 unspecified atom stereocenters. The number of fused-ring (bicyclic) bond motifs is 1. The lowest BCUT2D eigenvalue weighted by molar-refractivity contribution is -0.153. The zero-order valence-electron chi connectivity index (χ0n) is 16.6. The van der Waals surface area contributed by atoms with E-state index in [9.17, 15) is 18.0 Å². The van der Waals surface area contributed by atoms with E-state index in [0.29, 0.717) is 18.4 Å². The van der Waals surface area contributed by atoms with E-state index in [0.717, 1.165) is 24.0 Å². The van der Waals surface area contributed by atoms with E-state index >= 15 is 0 Å². The predicted molar refractivity (Wildman–Crippen MR) is 101 cm³/mol. The standard InChI is InChI=1S/C21H27F3N2O3/c1-28-12-17-15-4-2-5-18(29-13-21(22,23)24)16(15)6-9-26(17)19(27)25-14-10-20(11-14)7-3-8-20/h2,4-5,14,17H,3,6-13H2,1H3,(H,25,27). The highest BCUT2D eigenvalue weighted by Gasteiger charge is 2.49. The highest BCUT2D eigenvalue weighted by atomic mass is 19.4. The van der Waals surface area contributed by atoms with Crippen LogP contribution in [0.15, 0.2) is 18.2 Å². The molecular weight excluding hydrogens is 385 g/mol. The second kappa shape index (κ2) is 7.70. The Bertz CT molecular complexity index is 756. The van der Waals surface area contributed by atoms with Crippen molar-refractivity contribution in [1.82, 2.24) is 10.2 Å². The highest BCUT2D eigenvalue weighted by Crippen LogP contribution is 2.55. The topological polar surface area (TPSA) is 50.8 Å². The summed E-state index contributed by atoms with van der Waals surface area (Å²) in [6, 6.07) is 4.80. The minimum absolute atomic E-state index is 0.126. The van der Waals surface area contributed by atoms with Crippen molar-refractivity contribution in [3.05, 3.63) is 29.3 Å². The van der Waals surface area contributed by atoms with E-state index in [2.05, 4.69) is 5.32 Å². The van der Waals surface area contributed by atoms with Gasteiger partial charge in [-0.25, -0.2) is 4.79 Å². The summed E-state index contributed by atoms with van der Waals surface area (Å²) in [5, 5.41) is 3.14. The summed E-state index contributed by atoms with van der Waals surface area (Å²) in [4.78, 5) is 14.7. The third-order valence-corrected chi connectivity index (χ3v) is 6.58. The van der Waals surface area contributed by atoms with Gasteiger partial charge in [0.25, 0.3) is 0 Å². The van der Waals surface area contributed by atoms with Gasteiger partial charge in [-0.3, -0.25) is 0 Å². The Morgan fingerprint density at radius 2 is 2.07 bits per heavy atom. The van der Waals surface area contributed by atoms with Gasteiger partial charge in [-0.05, 0) is 49.1 Å². The van der Waals surface area contributed by atoms with Crippen molar-refractivity contribution in [2.75, 3.05) is 26.9 Å². The van der Waals surface area contributed by atoms with Crippen molar-refractivity contribution in [1.29, 1.82) is 0 Å². The molecule has 1 spiro atoms. The van der Waals surface area contributed by atoms with Gasteiger partial charge in [-0.2, -0.15) is 13.2 Å². The van der Waals surface area contributed by atoms with Crippen LogP contribution in [0.5, 0.6) is 5.75 Å². The number of hydrogen-bond donors (Lipinski definition) is 1. The molecule has 4 rings (SSSR count). The molecule has 1 aromatic rings. The minimum Gasteiger partial charge on any atom is -0.484 e. The summed E-state index contributed by atoms with van der Waals surface area (Å²) >= 11 is 0. The number of urea groups is 1. The molecule has 5 nitrogen and oxygen atoms in total. The molecule has 29 heavy (non-hydrogen) atoms. The van der Waals surface area contributed by atoms with Gasteiger partial charge < -0.3 is 19.7 Å². The van der Waals surface area contributed by atoms with Gasteiger partial charge in [-0.1, -0.05) is 18.6 Å². The molecule has 1 aliphatic heterocycles. The van der Waals surface area contributed by atoms with Gasteiger partial charge in [0, 0.05) is 25.3 Å². The maximum absolute atomic E-state index is 12.9. The Labute approximate surface area is 168 Å². The van der Waals surface area contributed by atoms with Crippen LogP contribution in [0.1, 0.15) is 49.3 Å². The quantitative estimate of drug-likeness (QED) is 0.788. The monoisotopic (exact) mass is 412 g/mol. The summed E-state index contributed by atoms with van der Waals surface area (Å²) in [5.74, 6) is 0.229. The molecular formula is C21H27F3N2O3. The number of hydrogen-bond acceptors (Lipinski definition) is 3. The third kappa shape index (κ3) is 4.17. The summed E-state index contributed by atoms with van der Waals surface area (Å²) in [5.41, 5.74) is 1.99. The minimum atomic E-state index is -4.39. The Morgan fingerprint density at radius 3 is 2.69 bits per heavy atom. The van der Waals surface area contributed by atoms with Gasteiger partial charge in [-0.15, -0.1) is 0 Å². The number of nitrogens with zero attached hydrogens (tertiary/aromatic N) is 1. The Hall–Kier alpha value is -1.96. The molecule has 2 saturated carbocycles. The average Bonchev–Trinajstić information content (AvgIpc) is 2.60. The fourth-order valence-electron chi connectivity index (χ4n) is 5.02. The van der Waals surface area contributed by atoms with Gasteiger partial charge in [0.2, 0.25) is 0 Å². The molecule has 1 heterocycles. The first-order chi connectivity index (χ1) is 13.8. The first-order valence-corrected chi connectivity index (χ1v) is 10.2. The smallest absolute Gasteiger partial charge is 0.422 e. The third-order valence-electron chi connectivity index (χ3n) is 6.58. The number of rotatable bonds is 5. The Balaban J connectivity index is 1.46. The van der Waals surface area contributed by atoms with Crippen LogP contribution in [0.4, 0.5) is 18.0 Å². The normalized spacial score (nSPS) is 23.2. The van der Waals surface area contributed by atoms with Crippen molar-refractivity contribution >= 4 is 6.03 Å². The summed E-state index contributed by atoms with van der Waals surface area (Å²) in [7, 11) is 1.56. The SMILES string of the molecule is COCC1c2cccc(OCC(F)(F)F)c2CCN1C(=O)NC1CC2(CCC2)C1. The van der Waals surface area contributed by atoms with Crippen LogP contribution in [-0.4, -0.2) is 50.0 Å². The lowest BCUT2D eigenvalue weighted by Gasteiger charge is -2.54. The molecule has 0 radical (unpaired) electrons. The molecule has 1 atom stereocenters. The van der Waals surface area contributed by atoms with Gasteiger partial charge in [0.05, 0.1) is 12.6 Å². The molecule has 2 amide bonds. The number of benzene rings is 1. The maximum atomic E-state index is 12.9. The number of carbonyl (C=O) groups is 1. The first kappa shape index (κ1) is 20.3. The van der Waals surface area contributed by atoms with Crippen LogP contribution in [0.2, 0.25) is 0 Å². The number of carbonyl (C=O) groups excluding carboxylic acids is 1. The van der Waals surface area contributed by atoms with Crippen LogP contribution < -0.4 is 10.1 Å². The molecule has 3 aliphatic rings. The van der Waals surface area contributed by atoms with Crippen LogP contribution >= 0.6 is 0 Å². The number of nitrogens with one attached hydrogen (secondary N) is 1. The Kier molecular flexibility index (Phi) is 5.40. The Morgan fingerprint density at radius 1 is 1.31 bits per heavy atom. The number of alkyl halides is 3.